The Bertz CT molecular complexity index is 539. The van der Waals surface area contributed by atoms with E-state index in [1.807, 2.05) is 0 Å². The summed E-state index contributed by atoms with van der Waals surface area (Å²) in [7, 11) is 1.75. The topological polar surface area (TPSA) is 76.0 Å². The second kappa shape index (κ2) is 24.2. The predicted molar refractivity (Wildman–Crippen MR) is 158 cm³/mol. The number of carbonyl (C=O) groups excluding carboxylic acids is 1. The number of carbonyl (C=O) groups is 1. The molecule has 5 heteroatoms. The second-order valence-corrected chi connectivity index (χ2v) is 12.0. The van der Waals surface area contributed by atoms with Gasteiger partial charge in [-0.2, -0.15) is 0 Å². The van der Waals surface area contributed by atoms with Gasteiger partial charge in [-0.25, -0.2) is 0 Å². The van der Waals surface area contributed by atoms with Crippen molar-refractivity contribution >= 4 is 5.97 Å². The van der Waals surface area contributed by atoms with Gasteiger partial charge in [0.25, 0.3) is 0 Å². The van der Waals surface area contributed by atoms with Crippen molar-refractivity contribution in [2.75, 3.05) is 13.7 Å². The Hall–Kier alpha value is -0.650. The molecule has 38 heavy (non-hydrogen) atoms. The van der Waals surface area contributed by atoms with Crippen LogP contribution in [0.5, 0.6) is 0 Å². The monoisotopic (exact) mass is 540 g/mol. The van der Waals surface area contributed by atoms with E-state index in [4.69, 9.17) is 9.47 Å². The molecule has 1 fully saturated rings. The molecule has 0 spiro atoms. The summed E-state index contributed by atoms with van der Waals surface area (Å²) in [5.41, 5.74) is 0. The van der Waals surface area contributed by atoms with E-state index in [-0.39, 0.29) is 30.2 Å². The molecule has 0 aromatic heterocycles. The Morgan fingerprint density at radius 3 is 1.97 bits per heavy atom. The van der Waals surface area contributed by atoms with Gasteiger partial charge in [-0.05, 0) is 50.4 Å². The molecule has 0 amide bonds. The summed E-state index contributed by atoms with van der Waals surface area (Å²) in [6.45, 7) is 5.04. The molecule has 1 aliphatic rings. The quantitative estimate of drug-likeness (QED) is 0.0849. The fraction of sp³-hybridized carbons (Fsp3) is 0.970. The Morgan fingerprint density at radius 2 is 1.32 bits per heavy atom. The molecule has 0 heterocycles. The molecule has 1 rings (SSSR count). The van der Waals surface area contributed by atoms with E-state index in [0.29, 0.717) is 25.4 Å². The van der Waals surface area contributed by atoms with E-state index in [1.54, 1.807) is 7.11 Å². The van der Waals surface area contributed by atoms with Gasteiger partial charge >= 0.3 is 5.97 Å². The molecular weight excluding hydrogens is 476 g/mol. The van der Waals surface area contributed by atoms with Crippen LogP contribution >= 0.6 is 0 Å². The van der Waals surface area contributed by atoms with Crippen molar-refractivity contribution in [3.63, 3.8) is 0 Å². The maximum Gasteiger partial charge on any atom is 0.305 e. The highest BCUT2D eigenvalue weighted by Crippen LogP contribution is 2.40. The first kappa shape index (κ1) is 35.4. The van der Waals surface area contributed by atoms with Gasteiger partial charge in [0, 0.05) is 20.0 Å². The maximum absolute atomic E-state index is 12.0. The normalized spacial score (nSPS) is 22.1. The van der Waals surface area contributed by atoms with Crippen molar-refractivity contribution in [1.82, 2.24) is 0 Å². The number of ether oxygens (including phenoxy) is 2. The largest absolute Gasteiger partial charge is 0.466 e. The van der Waals surface area contributed by atoms with Crippen molar-refractivity contribution in [2.24, 2.45) is 11.8 Å². The smallest absolute Gasteiger partial charge is 0.305 e. The minimum atomic E-state index is -0.303. The van der Waals surface area contributed by atoms with Crippen LogP contribution in [0.15, 0.2) is 0 Å². The van der Waals surface area contributed by atoms with Gasteiger partial charge in [-0.15, -0.1) is 0 Å². The SMILES string of the molecule is CCCCCCCCCCOC(=O)CCCCCC[C@@H]1[C@@H](CCC(O)CCCCCCC)[C@H](OC)C[C@@H]1O. The third-order valence-electron chi connectivity index (χ3n) is 8.70. The lowest BCUT2D eigenvalue weighted by Gasteiger charge is -2.26. The van der Waals surface area contributed by atoms with Crippen molar-refractivity contribution in [1.29, 1.82) is 0 Å². The molecule has 0 aliphatic heterocycles. The van der Waals surface area contributed by atoms with Gasteiger partial charge in [0.15, 0.2) is 0 Å². The number of hydrogen-bond acceptors (Lipinski definition) is 5. The van der Waals surface area contributed by atoms with E-state index < -0.39 is 0 Å². The lowest BCUT2D eigenvalue weighted by Crippen LogP contribution is -2.25. The fourth-order valence-corrected chi connectivity index (χ4v) is 6.24. The molecule has 5 nitrogen and oxygen atoms in total. The fourth-order valence-electron chi connectivity index (χ4n) is 6.24. The Kier molecular flexibility index (Phi) is 22.5. The third kappa shape index (κ3) is 17.1. The van der Waals surface area contributed by atoms with Crippen LogP contribution in [0.4, 0.5) is 0 Å². The molecule has 0 aromatic carbocycles. The molecule has 1 saturated carbocycles. The summed E-state index contributed by atoms with van der Waals surface area (Å²) in [6.07, 6.45) is 24.7. The molecule has 0 aromatic rings. The van der Waals surface area contributed by atoms with Crippen molar-refractivity contribution < 1.29 is 24.5 Å². The first-order valence-corrected chi connectivity index (χ1v) is 16.6. The summed E-state index contributed by atoms with van der Waals surface area (Å²) in [6, 6.07) is 0. The zero-order chi connectivity index (χ0) is 27.8. The number of methoxy groups -OCH3 is 1. The summed E-state index contributed by atoms with van der Waals surface area (Å²) in [5, 5.41) is 21.2. The number of esters is 1. The van der Waals surface area contributed by atoms with Crippen molar-refractivity contribution in [2.45, 2.75) is 180 Å². The summed E-state index contributed by atoms with van der Waals surface area (Å²) >= 11 is 0. The second-order valence-electron chi connectivity index (χ2n) is 12.0. The van der Waals surface area contributed by atoms with Crippen molar-refractivity contribution in [3.8, 4) is 0 Å². The minimum absolute atomic E-state index is 0.0499. The predicted octanol–water partition coefficient (Wildman–Crippen LogP) is 8.52. The van der Waals surface area contributed by atoms with Crippen LogP contribution in [0.3, 0.4) is 0 Å². The Balaban J connectivity index is 2.13. The van der Waals surface area contributed by atoms with E-state index in [2.05, 4.69) is 13.8 Å². The molecule has 0 radical (unpaired) electrons. The summed E-state index contributed by atoms with van der Waals surface area (Å²) in [4.78, 5) is 12.0. The number of hydrogen-bond donors (Lipinski definition) is 2. The molecule has 2 N–H and O–H groups in total. The van der Waals surface area contributed by atoms with Gasteiger partial charge in [0.05, 0.1) is 24.9 Å². The zero-order valence-electron chi connectivity index (χ0n) is 25.5. The van der Waals surface area contributed by atoms with E-state index in [9.17, 15) is 15.0 Å². The molecule has 5 atom stereocenters. The van der Waals surface area contributed by atoms with Crippen LogP contribution in [0, 0.1) is 11.8 Å². The highest BCUT2D eigenvalue weighted by Gasteiger charge is 2.41. The number of unbranched alkanes of at least 4 members (excludes halogenated alkanes) is 14. The minimum Gasteiger partial charge on any atom is -0.466 e. The lowest BCUT2D eigenvalue weighted by atomic mass is 9.84. The average Bonchev–Trinajstić information content (AvgIpc) is 3.22. The first-order chi connectivity index (χ1) is 18.5. The Morgan fingerprint density at radius 1 is 0.737 bits per heavy atom. The number of rotatable bonds is 26. The Labute approximate surface area is 235 Å². The molecule has 0 bridgehead atoms. The molecule has 226 valence electrons. The zero-order valence-corrected chi connectivity index (χ0v) is 25.5. The van der Waals surface area contributed by atoms with Crippen LogP contribution in [0.1, 0.15) is 162 Å². The van der Waals surface area contributed by atoms with Gasteiger partial charge in [0.2, 0.25) is 0 Å². The van der Waals surface area contributed by atoms with Gasteiger partial charge in [-0.3, -0.25) is 4.79 Å². The first-order valence-electron chi connectivity index (χ1n) is 16.6. The summed E-state index contributed by atoms with van der Waals surface area (Å²) in [5.74, 6) is 0.537. The summed E-state index contributed by atoms with van der Waals surface area (Å²) < 4.78 is 11.1. The van der Waals surface area contributed by atoms with E-state index in [0.717, 1.165) is 70.6 Å². The molecular formula is C33H64O5. The van der Waals surface area contributed by atoms with Gasteiger partial charge in [-0.1, -0.05) is 110 Å². The van der Waals surface area contributed by atoms with Crippen LogP contribution < -0.4 is 0 Å². The standard InChI is InChI=1S/C33H64O5/c1-4-6-8-10-11-12-16-20-26-38-33(36)23-19-15-14-18-22-29-30(32(37-3)27-31(29)35)25-24-28(34)21-17-13-9-7-5-2/h28-32,34-35H,4-27H2,1-3H3/t28?,29-,30-,31+,32-/m1/s1. The van der Waals surface area contributed by atoms with E-state index in [1.165, 1.54) is 64.2 Å². The maximum atomic E-state index is 12.0. The number of aliphatic hydroxyl groups is 2. The molecule has 0 saturated heterocycles. The highest BCUT2D eigenvalue weighted by atomic mass is 16.5. The van der Waals surface area contributed by atoms with Crippen molar-refractivity contribution in [3.05, 3.63) is 0 Å². The van der Waals surface area contributed by atoms with Crippen LogP contribution in [-0.4, -0.2) is 48.2 Å². The lowest BCUT2D eigenvalue weighted by molar-refractivity contribution is -0.143. The highest BCUT2D eigenvalue weighted by molar-refractivity contribution is 5.69. The van der Waals surface area contributed by atoms with Crippen LogP contribution in [-0.2, 0) is 14.3 Å². The molecule has 1 unspecified atom stereocenters. The van der Waals surface area contributed by atoms with Gasteiger partial charge < -0.3 is 19.7 Å². The van der Waals surface area contributed by atoms with E-state index >= 15 is 0 Å². The van der Waals surface area contributed by atoms with Gasteiger partial charge in [0.1, 0.15) is 0 Å². The third-order valence-corrected chi connectivity index (χ3v) is 8.70. The average molecular weight is 541 g/mol. The van der Waals surface area contributed by atoms with Crippen LogP contribution in [0.2, 0.25) is 0 Å². The number of aliphatic hydroxyl groups excluding tert-OH is 2. The molecule has 1 aliphatic carbocycles. The van der Waals surface area contributed by atoms with Crippen LogP contribution in [0.25, 0.3) is 0 Å².